The van der Waals surface area contributed by atoms with Crippen LogP contribution in [0.4, 0.5) is 0 Å². The van der Waals surface area contributed by atoms with Crippen LogP contribution in [-0.2, 0) is 0 Å². The van der Waals surface area contributed by atoms with Gasteiger partial charge in [0.2, 0.25) is 0 Å². The molecule has 0 spiro atoms. The van der Waals surface area contributed by atoms with Crippen molar-refractivity contribution in [3.05, 3.63) is 16.3 Å². The summed E-state index contributed by atoms with van der Waals surface area (Å²) in [4.78, 5) is 12.7. The monoisotopic (exact) mass is 305 g/mol. The topological polar surface area (TPSA) is 38.3 Å². The Bertz CT molecular complexity index is 340. The van der Waals surface area contributed by atoms with Crippen molar-refractivity contribution in [2.75, 3.05) is 13.7 Å². The highest BCUT2D eigenvalue weighted by atomic mass is 79.9. The van der Waals surface area contributed by atoms with Gasteiger partial charge in [-0.2, -0.15) is 0 Å². The number of halogens is 1. The first-order valence-electron chi connectivity index (χ1n) is 5.22. The Labute approximate surface area is 108 Å². The molecule has 0 saturated heterocycles. The Hall–Kier alpha value is -0.550. The summed E-state index contributed by atoms with van der Waals surface area (Å²) < 4.78 is 5.03. The molecule has 0 radical (unpaired) electrons. The Morgan fingerprint density at radius 1 is 1.69 bits per heavy atom. The molecule has 1 unspecified atom stereocenters. The van der Waals surface area contributed by atoms with E-state index in [1.165, 1.54) is 11.3 Å². The summed E-state index contributed by atoms with van der Waals surface area (Å²) in [6, 6.07) is 1.75. The summed E-state index contributed by atoms with van der Waals surface area (Å²) in [7, 11) is 1.60. The van der Waals surface area contributed by atoms with Gasteiger partial charge in [0.05, 0.1) is 12.0 Å². The van der Waals surface area contributed by atoms with Gasteiger partial charge in [0, 0.05) is 22.8 Å². The van der Waals surface area contributed by atoms with Gasteiger partial charge in [-0.25, -0.2) is 0 Å². The van der Waals surface area contributed by atoms with Crippen LogP contribution in [0.2, 0.25) is 0 Å². The lowest BCUT2D eigenvalue weighted by molar-refractivity contribution is 0.0957. The van der Waals surface area contributed by atoms with Crippen LogP contribution in [0, 0.1) is 0 Å². The Balaban J connectivity index is 2.40. The van der Waals surface area contributed by atoms with Crippen LogP contribution in [0.5, 0.6) is 5.75 Å². The third kappa shape index (κ3) is 4.14. The van der Waals surface area contributed by atoms with Crippen molar-refractivity contribution in [1.29, 1.82) is 0 Å². The molecule has 1 rings (SSSR count). The van der Waals surface area contributed by atoms with E-state index in [0.717, 1.165) is 18.6 Å². The molecule has 1 N–H and O–H groups in total. The van der Waals surface area contributed by atoms with Crippen LogP contribution in [0.25, 0.3) is 0 Å². The lowest BCUT2D eigenvalue weighted by Gasteiger charge is -2.08. The van der Waals surface area contributed by atoms with Gasteiger partial charge in [0.15, 0.2) is 0 Å². The first-order valence-corrected chi connectivity index (χ1v) is 7.01. The number of nitrogens with one attached hydrogen (secondary N) is 1. The zero-order chi connectivity index (χ0) is 12.0. The van der Waals surface area contributed by atoms with Gasteiger partial charge in [0.1, 0.15) is 5.75 Å². The van der Waals surface area contributed by atoms with Crippen molar-refractivity contribution in [1.82, 2.24) is 5.32 Å². The maximum absolute atomic E-state index is 11.7. The van der Waals surface area contributed by atoms with Crippen LogP contribution in [0.1, 0.15) is 29.4 Å². The number of alkyl halides is 1. The van der Waals surface area contributed by atoms with Gasteiger partial charge >= 0.3 is 0 Å². The minimum atomic E-state index is -0.0335. The van der Waals surface area contributed by atoms with E-state index >= 15 is 0 Å². The largest absolute Gasteiger partial charge is 0.496 e. The average molecular weight is 306 g/mol. The highest BCUT2D eigenvalue weighted by Crippen LogP contribution is 2.20. The van der Waals surface area contributed by atoms with Gasteiger partial charge in [-0.05, 0) is 6.42 Å². The highest BCUT2D eigenvalue weighted by molar-refractivity contribution is 9.09. The predicted octanol–water partition coefficient (Wildman–Crippen LogP) is 3.05. The fourth-order valence-electron chi connectivity index (χ4n) is 1.25. The molecule has 0 aliphatic carbocycles. The van der Waals surface area contributed by atoms with E-state index in [1.807, 2.05) is 5.38 Å². The second-order valence-corrected chi connectivity index (χ2v) is 5.65. The smallest absolute Gasteiger partial charge is 0.261 e. The molecule has 0 aliphatic rings. The zero-order valence-electron chi connectivity index (χ0n) is 9.46. The third-order valence-electron chi connectivity index (χ3n) is 2.12. The molecule has 90 valence electrons. The fourth-order valence-corrected chi connectivity index (χ4v) is 2.64. The van der Waals surface area contributed by atoms with Crippen molar-refractivity contribution in [2.24, 2.45) is 0 Å². The SMILES string of the molecule is CCCC(Br)CNC(=O)c1cc(OC)cs1. The molecule has 0 aromatic carbocycles. The van der Waals surface area contributed by atoms with Crippen molar-refractivity contribution in [3.63, 3.8) is 0 Å². The molecule has 5 heteroatoms. The summed E-state index contributed by atoms with van der Waals surface area (Å²) in [6.45, 7) is 2.78. The molecule has 1 atom stereocenters. The van der Waals surface area contributed by atoms with Crippen molar-refractivity contribution in [3.8, 4) is 5.75 Å². The van der Waals surface area contributed by atoms with Gasteiger partial charge < -0.3 is 10.1 Å². The lowest BCUT2D eigenvalue weighted by atomic mass is 10.2. The number of thiophene rings is 1. The van der Waals surface area contributed by atoms with E-state index in [4.69, 9.17) is 4.74 Å². The molecule has 1 amide bonds. The quantitative estimate of drug-likeness (QED) is 0.820. The maximum atomic E-state index is 11.7. The molecule has 1 aromatic heterocycles. The Kier molecular flexibility index (Phi) is 5.84. The first kappa shape index (κ1) is 13.5. The van der Waals surface area contributed by atoms with Gasteiger partial charge in [-0.15, -0.1) is 11.3 Å². The van der Waals surface area contributed by atoms with E-state index in [9.17, 15) is 4.79 Å². The number of methoxy groups -OCH3 is 1. The summed E-state index contributed by atoms with van der Waals surface area (Å²) in [5.74, 6) is 0.702. The number of carbonyl (C=O) groups excluding carboxylic acids is 1. The van der Waals surface area contributed by atoms with Crippen LogP contribution in [0.3, 0.4) is 0 Å². The van der Waals surface area contributed by atoms with E-state index in [0.29, 0.717) is 16.2 Å². The summed E-state index contributed by atoms with van der Waals surface area (Å²) >= 11 is 4.92. The average Bonchev–Trinajstić information content (AvgIpc) is 2.75. The minimum absolute atomic E-state index is 0.0335. The number of rotatable bonds is 6. The molecule has 0 aliphatic heterocycles. The standard InChI is InChI=1S/C11H16BrNO2S/c1-3-4-8(12)6-13-11(14)10-5-9(15-2)7-16-10/h5,7-8H,3-4,6H2,1-2H3,(H,13,14). The molecule has 16 heavy (non-hydrogen) atoms. The first-order chi connectivity index (χ1) is 7.67. The molecule has 1 heterocycles. The zero-order valence-corrected chi connectivity index (χ0v) is 11.9. The second-order valence-electron chi connectivity index (χ2n) is 3.45. The van der Waals surface area contributed by atoms with E-state index in [-0.39, 0.29) is 5.91 Å². The fraction of sp³-hybridized carbons (Fsp3) is 0.545. The number of hydrogen-bond donors (Lipinski definition) is 1. The normalized spacial score (nSPS) is 12.2. The van der Waals surface area contributed by atoms with Gasteiger partial charge in [-0.3, -0.25) is 4.79 Å². The summed E-state index contributed by atoms with van der Waals surface area (Å²) in [6.07, 6.45) is 2.17. The molecular formula is C11H16BrNO2S. The number of ether oxygens (including phenoxy) is 1. The Morgan fingerprint density at radius 3 is 3.00 bits per heavy atom. The van der Waals surface area contributed by atoms with Crippen LogP contribution in [0.15, 0.2) is 11.4 Å². The van der Waals surface area contributed by atoms with Crippen LogP contribution < -0.4 is 10.1 Å². The summed E-state index contributed by atoms with van der Waals surface area (Å²) in [5, 5.41) is 4.72. The Morgan fingerprint density at radius 2 is 2.44 bits per heavy atom. The van der Waals surface area contributed by atoms with E-state index < -0.39 is 0 Å². The van der Waals surface area contributed by atoms with Crippen molar-refractivity contribution in [2.45, 2.75) is 24.6 Å². The number of hydrogen-bond acceptors (Lipinski definition) is 3. The van der Waals surface area contributed by atoms with E-state index in [1.54, 1.807) is 13.2 Å². The van der Waals surface area contributed by atoms with Crippen LogP contribution in [-0.4, -0.2) is 24.4 Å². The highest BCUT2D eigenvalue weighted by Gasteiger charge is 2.10. The molecule has 3 nitrogen and oxygen atoms in total. The predicted molar refractivity (Wildman–Crippen MR) is 70.8 cm³/mol. The molecule has 0 saturated carbocycles. The molecular weight excluding hydrogens is 290 g/mol. The molecule has 0 bridgehead atoms. The number of carbonyl (C=O) groups is 1. The van der Waals surface area contributed by atoms with Crippen LogP contribution >= 0.6 is 27.3 Å². The van der Waals surface area contributed by atoms with Gasteiger partial charge in [-0.1, -0.05) is 29.3 Å². The minimum Gasteiger partial charge on any atom is -0.496 e. The van der Waals surface area contributed by atoms with E-state index in [2.05, 4.69) is 28.2 Å². The maximum Gasteiger partial charge on any atom is 0.261 e. The number of amides is 1. The van der Waals surface area contributed by atoms with Gasteiger partial charge in [0.25, 0.3) is 5.91 Å². The van der Waals surface area contributed by atoms with Crippen molar-refractivity contribution >= 4 is 33.2 Å². The molecule has 1 aromatic rings. The lowest BCUT2D eigenvalue weighted by Crippen LogP contribution is -2.28. The molecule has 0 fully saturated rings. The van der Waals surface area contributed by atoms with Crippen molar-refractivity contribution < 1.29 is 9.53 Å². The summed E-state index contributed by atoms with van der Waals surface area (Å²) in [5.41, 5.74) is 0. The third-order valence-corrected chi connectivity index (χ3v) is 3.81. The second kappa shape index (κ2) is 6.91.